The highest BCUT2D eigenvalue weighted by Crippen LogP contribution is 2.33. The van der Waals surface area contributed by atoms with Crippen LogP contribution < -0.4 is 15.4 Å². The van der Waals surface area contributed by atoms with E-state index in [-0.39, 0.29) is 11.9 Å². The lowest BCUT2D eigenvalue weighted by molar-refractivity contribution is -0.148. The van der Waals surface area contributed by atoms with E-state index in [4.69, 9.17) is 15.2 Å². The molecule has 0 aliphatic carbocycles. The van der Waals surface area contributed by atoms with Crippen molar-refractivity contribution in [2.75, 3.05) is 30.3 Å². The second-order valence-electron chi connectivity index (χ2n) is 5.99. The first-order valence-corrected chi connectivity index (χ1v) is 9.33. The topological polar surface area (TPSA) is 90.6 Å². The molecule has 0 unspecified atom stereocenters. The quantitative estimate of drug-likeness (QED) is 0.740. The zero-order chi connectivity index (χ0) is 18.5. The van der Waals surface area contributed by atoms with Crippen molar-refractivity contribution < 1.29 is 14.3 Å². The minimum Gasteiger partial charge on any atom is -0.466 e. The summed E-state index contributed by atoms with van der Waals surface area (Å²) in [6, 6.07) is 7.42. The normalized spacial score (nSPS) is 14.9. The van der Waals surface area contributed by atoms with Crippen molar-refractivity contribution in [3.05, 3.63) is 35.1 Å². The van der Waals surface area contributed by atoms with Crippen molar-refractivity contribution in [1.82, 2.24) is 9.97 Å². The monoisotopic (exact) mass is 420 g/mol. The van der Waals surface area contributed by atoms with E-state index in [1.165, 1.54) is 6.33 Å². The van der Waals surface area contributed by atoms with Gasteiger partial charge in [-0.05, 0) is 44.0 Å². The first kappa shape index (κ1) is 18.4. The zero-order valence-electron chi connectivity index (χ0n) is 14.5. The molecule has 2 N–H and O–H groups in total. The Morgan fingerprint density at radius 2 is 1.96 bits per heavy atom. The molecule has 1 fully saturated rings. The number of carbonyl (C=O) groups is 1. The fraction of sp³-hybridized carbons (Fsp3) is 0.389. The van der Waals surface area contributed by atoms with E-state index in [0.717, 1.165) is 4.47 Å². The summed E-state index contributed by atoms with van der Waals surface area (Å²) in [6.45, 7) is 3.60. The lowest BCUT2D eigenvalue weighted by atomic mass is 9.97. The Bertz CT molecular complexity index is 762. The third kappa shape index (κ3) is 4.24. The van der Waals surface area contributed by atoms with Gasteiger partial charge in [0.1, 0.15) is 17.8 Å². The summed E-state index contributed by atoms with van der Waals surface area (Å²) in [6.07, 6.45) is 2.87. The van der Waals surface area contributed by atoms with Gasteiger partial charge in [0.25, 0.3) is 0 Å². The highest BCUT2D eigenvalue weighted by atomic mass is 79.9. The minimum atomic E-state index is -0.123. The molecule has 1 saturated heterocycles. The average molecular weight is 421 g/mol. The predicted molar refractivity (Wildman–Crippen MR) is 102 cm³/mol. The van der Waals surface area contributed by atoms with Crippen LogP contribution in [0.1, 0.15) is 19.8 Å². The number of carbonyl (C=O) groups excluding carboxylic acids is 1. The number of benzene rings is 1. The van der Waals surface area contributed by atoms with E-state index in [1.54, 1.807) is 0 Å². The fourth-order valence-corrected chi connectivity index (χ4v) is 3.17. The number of rotatable bonds is 5. The average Bonchev–Trinajstić information content (AvgIpc) is 2.66. The Morgan fingerprint density at radius 1 is 1.27 bits per heavy atom. The Labute approximate surface area is 160 Å². The van der Waals surface area contributed by atoms with Gasteiger partial charge in [0.05, 0.1) is 12.5 Å². The molecule has 2 aromatic rings. The molecule has 2 heterocycles. The molecular formula is C18H21BrN4O3. The molecule has 7 nitrogen and oxygen atoms in total. The summed E-state index contributed by atoms with van der Waals surface area (Å²) in [7, 11) is 0. The molecule has 0 saturated carbocycles. The zero-order valence-corrected chi connectivity index (χ0v) is 16.1. The Kier molecular flexibility index (Phi) is 5.92. The summed E-state index contributed by atoms with van der Waals surface area (Å²) in [5, 5.41) is 0. The van der Waals surface area contributed by atoms with Gasteiger partial charge in [-0.25, -0.2) is 4.98 Å². The van der Waals surface area contributed by atoms with Gasteiger partial charge in [0.15, 0.2) is 5.82 Å². The van der Waals surface area contributed by atoms with E-state index in [0.29, 0.717) is 55.7 Å². The van der Waals surface area contributed by atoms with Crippen molar-refractivity contribution in [1.29, 1.82) is 0 Å². The number of hydrogen-bond acceptors (Lipinski definition) is 7. The van der Waals surface area contributed by atoms with Crippen LogP contribution in [0.3, 0.4) is 0 Å². The number of nitrogens with two attached hydrogens (primary N) is 1. The second kappa shape index (κ2) is 8.35. The number of anilines is 2. The summed E-state index contributed by atoms with van der Waals surface area (Å²) in [4.78, 5) is 22.4. The van der Waals surface area contributed by atoms with Crippen LogP contribution in [0.25, 0.3) is 0 Å². The highest BCUT2D eigenvalue weighted by molar-refractivity contribution is 9.10. The molecule has 138 valence electrons. The first-order valence-electron chi connectivity index (χ1n) is 8.54. The number of hydrogen-bond donors (Lipinski definition) is 1. The molecule has 0 bridgehead atoms. The molecule has 1 aliphatic rings. The van der Waals surface area contributed by atoms with E-state index < -0.39 is 0 Å². The number of nitrogen functional groups attached to an aromatic ring is 1. The number of aromatic nitrogens is 2. The second-order valence-corrected chi connectivity index (χ2v) is 6.90. The number of piperidine rings is 1. The van der Waals surface area contributed by atoms with Gasteiger partial charge in [-0.2, -0.15) is 4.98 Å². The molecule has 1 aromatic heterocycles. The third-order valence-electron chi connectivity index (χ3n) is 4.27. The van der Waals surface area contributed by atoms with Crippen LogP contribution in [0.15, 0.2) is 35.1 Å². The van der Waals surface area contributed by atoms with Crippen LogP contribution >= 0.6 is 15.9 Å². The molecular weight excluding hydrogens is 400 g/mol. The Balaban J connectivity index is 1.70. The van der Waals surface area contributed by atoms with Gasteiger partial charge in [-0.3, -0.25) is 4.79 Å². The largest absolute Gasteiger partial charge is 0.466 e. The van der Waals surface area contributed by atoms with E-state index in [9.17, 15) is 4.79 Å². The molecule has 1 aromatic carbocycles. The van der Waals surface area contributed by atoms with E-state index in [2.05, 4.69) is 30.8 Å². The summed E-state index contributed by atoms with van der Waals surface area (Å²) in [5.41, 5.74) is 6.64. The molecule has 1 aliphatic heterocycles. The summed E-state index contributed by atoms with van der Waals surface area (Å²) < 4.78 is 11.9. The maximum Gasteiger partial charge on any atom is 0.309 e. The predicted octanol–water partition coefficient (Wildman–Crippen LogP) is 3.39. The van der Waals surface area contributed by atoms with Crippen molar-refractivity contribution in [3.63, 3.8) is 0 Å². The molecule has 26 heavy (non-hydrogen) atoms. The Morgan fingerprint density at radius 3 is 2.62 bits per heavy atom. The third-order valence-corrected chi connectivity index (χ3v) is 4.80. The van der Waals surface area contributed by atoms with Crippen LogP contribution in [0.5, 0.6) is 11.6 Å². The van der Waals surface area contributed by atoms with Crippen molar-refractivity contribution in [2.24, 2.45) is 5.92 Å². The van der Waals surface area contributed by atoms with Crippen LogP contribution in [0.2, 0.25) is 0 Å². The van der Waals surface area contributed by atoms with Crippen molar-refractivity contribution in [2.45, 2.75) is 19.8 Å². The molecule has 3 rings (SSSR count). The number of ether oxygens (including phenoxy) is 2. The fourth-order valence-electron chi connectivity index (χ4n) is 2.91. The lowest BCUT2D eigenvalue weighted by Gasteiger charge is -2.32. The van der Waals surface area contributed by atoms with Gasteiger partial charge < -0.3 is 20.1 Å². The standard InChI is InChI=1S/C18H21BrN4O3/c1-2-25-18(24)12-7-9-23(10-8-12)16-15(20)17(22-11-21-16)26-14-5-3-13(19)4-6-14/h3-6,11-12H,2,7-10,20H2,1H3. The van der Waals surface area contributed by atoms with Gasteiger partial charge in [-0.1, -0.05) is 15.9 Å². The Hall–Kier alpha value is -2.35. The SMILES string of the molecule is CCOC(=O)C1CCN(c2ncnc(Oc3ccc(Br)cc3)c2N)CC1. The van der Waals surface area contributed by atoms with Crippen LogP contribution in [0.4, 0.5) is 11.5 Å². The maximum atomic E-state index is 11.9. The van der Waals surface area contributed by atoms with Gasteiger partial charge >= 0.3 is 5.97 Å². The maximum absolute atomic E-state index is 11.9. The van der Waals surface area contributed by atoms with E-state index in [1.807, 2.05) is 31.2 Å². The van der Waals surface area contributed by atoms with Crippen LogP contribution in [-0.4, -0.2) is 35.6 Å². The number of halogens is 1. The van der Waals surface area contributed by atoms with Gasteiger partial charge in [0.2, 0.25) is 5.88 Å². The number of nitrogens with zero attached hydrogens (tertiary/aromatic N) is 3. The minimum absolute atomic E-state index is 0.0623. The van der Waals surface area contributed by atoms with Gasteiger partial charge in [-0.15, -0.1) is 0 Å². The molecule has 0 spiro atoms. The molecule has 8 heteroatoms. The van der Waals surface area contributed by atoms with Crippen LogP contribution in [-0.2, 0) is 9.53 Å². The van der Waals surface area contributed by atoms with Gasteiger partial charge in [0, 0.05) is 17.6 Å². The summed E-state index contributed by atoms with van der Waals surface area (Å²) >= 11 is 3.39. The van der Waals surface area contributed by atoms with Crippen molar-refractivity contribution >= 4 is 33.4 Å². The van der Waals surface area contributed by atoms with E-state index >= 15 is 0 Å². The number of esters is 1. The molecule has 0 atom stereocenters. The smallest absolute Gasteiger partial charge is 0.309 e. The van der Waals surface area contributed by atoms with Crippen LogP contribution in [0, 0.1) is 5.92 Å². The molecule has 0 radical (unpaired) electrons. The lowest BCUT2D eigenvalue weighted by Crippen LogP contribution is -2.37. The first-order chi connectivity index (χ1) is 12.6. The highest BCUT2D eigenvalue weighted by Gasteiger charge is 2.28. The summed E-state index contributed by atoms with van der Waals surface area (Å²) in [5.74, 6) is 1.42. The molecule has 0 amide bonds. The van der Waals surface area contributed by atoms with Crippen molar-refractivity contribution in [3.8, 4) is 11.6 Å².